The van der Waals surface area contributed by atoms with Crippen LogP contribution in [0.3, 0.4) is 0 Å². The Kier molecular flexibility index (Phi) is 3.02. The van der Waals surface area contributed by atoms with Gasteiger partial charge in [0.05, 0.1) is 6.54 Å². The average Bonchev–Trinajstić information content (AvgIpc) is 2.06. The minimum Gasteiger partial charge on any atom is -0.459 e. The lowest BCUT2D eigenvalue weighted by atomic mass is 10.2. The Labute approximate surface area is 88.6 Å². The van der Waals surface area contributed by atoms with Gasteiger partial charge in [-0.15, -0.1) is 0 Å². The van der Waals surface area contributed by atoms with Crippen molar-refractivity contribution in [3.8, 4) is 0 Å². The van der Waals surface area contributed by atoms with E-state index in [4.69, 9.17) is 9.47 Å². The summed E-state index contributed by atoms with van der Waals surface area (Å²) in [5.74, 6) is -0.577. The number of carbonyl (C=O) groups excluding carboxylic acids is 2. The van der Waals surface area contributed by atoms with E-state index in [0.29, 0.717) is 6.54 Å². The minimum atomic E-state index is -0.585. The Hall–Kier alpha value is -1.52. The van der Waals surface area contributed by atoms with Crippen LogP contribution in [0, 0.1) is 0 Å². The fourth-order valence-electron chi connectivity index (χ4n) is 1.08. The van der Waals surface area contributed by atoms with Crippen molar-refractivity contribution < 1.29 is 19.1 Å². The van der Waals surface area contributed by atoms with Crippen LogP contribution in [0.2, 0.25) is 0 Å². The van der Waals surface area contributed by atoms with Gasteiger partial charge in [0, 0.05) is 0 Å². The molecule has 0 aromatic heterocycles. The highest BCUT2D eigenvalue weighted by Crippen LogP contribution is 2.16. The molecule has 1 fully saturated rings. The van der Waals surface area contributed by atoms with Gasteiger partial charge in [-0.2, -0.15) is 0 Å². The molecule has 0 spiro atoms. The molecule has 0 aromatic rings. The molecule has 1 saturated heterocycles. The van der Waals surface area contributed by atoms with Gasteiger partial charge in [0.2, 0.25) is 0 Å². The summed E-state index contributed by atoms with van der Waals surface area (Å²) in [5, 5.41) is 0. The fraction of sp³-hybridized carbons (Fsp3) is 0.600. The summed E-state index contributed by atoms with van der Waals surface area (Å²) < 4.78 is 9.83. The molecule has 1 aliphatic heterocycles. The molecule has 0 N–H and O–H groups in total. The van der Waals surface area contributed by atoms with Crippen LogP contribution >= 0.6 is 0 Å². The molecule has 0 bridgehead atoms. The van der Waals surface area contributed by atoms with Gasteiger partial charge in [-0.1, -0.05) is 6.58 Å². The lowest BCUT2D eigenvalue weighted by molar-refractivity contribution is -0.144. The molecule has 15 heavy (non-hydrogen) atoms. The van der Waals surface area contributed by atoms with Crippen LogP contribution in [0.1, 0.15) is 20.8 Å². The molecule has 0 aliphatic carbocycles. The lowest BCUT2D eigenvalue weighted by Crippen LogP contribution is -2.43. The Bertz CT molecular complexity index is 303. The van der Waals surface area contributed by atoms with Crippen molar-refractivity contribution in [2.45, 2.75) is 26.4 Å². The molecular weight excluding hydrogens is 198 g/mol. The van der Waals surface area contributed by atoms with Gasteiger partial charge < -0.3 is 9.47 Å². The van der Waals surface area contributed by atoms with Crippen LogP contribution in [0.5, 0.6) is 0 Å². The first-order valence-electron chi connectivity index (χ1n) is 4.68. The number of carbonyl (C=O) groups is 2. The Morgan fingerprint density at radius 1 is 1.53 bits per heavy atom. The summed E-state index contributed by atoms with van der Waals surface area (Å²) in [7, 11) is 0. The van der Waals surface area contributed by atoms with E-state index in [9.17, 15) is 9.59 Å². The van der Waals surface area contributed by atoms with Crippen LogP contribution in [0.15, 0.2) is 12.3 Å². The van der Waals surface area contributed by atoms with Crippen molar-refractivity contribution in [1.82, 2.24) is 4.90 Å². The van der Waals surface area contributed by atoms with Gasteiger partial charge in [0.1, 0.15) is 17.9 Å². The van der Waals surface area contributed by atoms with E-state index in [1.807, 2.05) is 0 Å². The number of hydrogen-bond acceptors (Lipinski definition) is 4. The standard InChI is InChI=1S/C10H15NO4/c1-7-8(12)14-6-5-11(7)9(13)15-10(2,3)4/h1,5-6H2,2-4H3. The summed E-state index contributed by atoms with van der Waals surface area (Å²) in [6.07, 6.45) is -0.566. The number of morpholine rings is 1. The predicted octanol–water partition coefficient (Wildman–Crippen LogP) is 1.29. The number of nitrogens with zero attached hydrogens (tertiary/aromatic N) is 1. The fourth-order valence-corrected chi connectivity index (χ4v) is 1.08. The number of rotatable bonds is 0. The van der Waals surface area contributed by atoms with Crippen LogP contribution < -0.4 is 0 Å². The zero-order valence-corrected chi connectivity index (χ0v) is 9.20. The van der Waals surface area contributed by atoms with Gasteiger partial charge in [-0.25, -0.2) is 9.59 Å². The van der Waals surface area contributed by atoms with Crippen molar-refractivity contribution in [2.24, 2.45) is 0 Å². The third-order valence-electron chi connectivity index (χ3n) is 1.72. The first-order chi connectivity index (χ1) is 6.81. The van der Waals surface area contributed by atoms with E-state index in [1.165, 1.54) is 4.90 Å². The molecule has 0 aromatic carbocycles. The topological polar surface area (TPSA) is 55.8 Å². The maximum atomic E-state index is 11.6. The number of cyclic esters (lactones) is 1. The Morgan fingerprint density at radius 3 is 2.67 bits per heavy atom. The molecular formula is C10H15NO4. The number of hydrogen-bond donors (Lipinski definition) is 0. The third-order valence-corrected chi connectivity index (χ3v) is 1.72. The quantitative estimate of drug-likeness (QED) is 0.449. The van der Waals surface area contributed by atoms with Crippen LogP contribution in [-0.4, -0.2) is 35.7 Å². The van der Waals surface area contributed by atoms with Crippen molar-refractivity contribution in [2.75, 3.05) is 13.2 Å². The van der Waals surface area contributed by atoms with Crippen LogP contribution in [0.4, 0.5) is 4.79 Å². The maximum absolute atomic E-state index is 11.6. The van der Waals surface area contributed by atoms with Gasteiger partial charge in [0.15, 0.2) is 0 Å². The summed E-state index contributed by atoms with van der Waals surface area (Å²) in [5.41, 5.74) is -0.561. The summed E-state index contributed by atoms with van der Waals surface area (Å²) in [4.78, 5) is 23.9. The largest absolute Gasteiger partial charge is 0.459 e. The second-order valence-electron chi connectivity index (χ2n) is 4.21. The summed E-state index contributed by atoms with van der Waals surface area (Å²) in [6.45, 7) is 9.23. The monoisotopic (exact) mass is 213 g/mol. The van der Waals surface area contributed by atoms with Gasteiger partial charge >= 0.3 is 12.1 Å². The predicted molar refractivity (Wildman–Crippen MR) is 53.0 cm³/mol. The molecule has 5 nitrogen and oxygen atoms in total. The van der Waals surface area contributed by atoms with Crippen LogP contribution in [0.25, 0.3) is 0 Å². The van der Waals surface area contributed by atoms with E-state index in [2.05, 4.69) is 6.58 Å². The number of esters is 1. The zero-order chi connectivity index (χ0) is 11.6. The van der Waals surface area contributed by atoms with Crippen molar-refractivity contribution in [3.63, 3.8) is 0 Å². The normalized spacial score (nSPS) is 17.4. The highest BCUT2D eigenvalue weighted by molar-refractivity contribution is 5.92. The van der Waals surface area contributed by atoms with Gasteiger partial charge in [-0.05, 0) is 20.8 Å². The maximum Gasteiger partial charge on any atom is 0.415 e. The molecule has 1 rings (SSSR count). The van der Waals surface area contributed by atoms with E-state index in [1.54, 1.807) is 20.8 Å². The minimum absolute atomic E-state index is 0.0236. The van der Waals surface area contributed by atoms with Crippen LogP contribution in [-0.2, 0) is 14.3 Å². The van der Waals surface area contributed by atoms with E-state index < -0.39 is 17.7 Å². The smallest absolute Gasteiger partial charge is 0.415 e. The van der Waals surface area contributed by atoms with E-state index in [0.717, 1.165) is 0 Å². The second-order valence-corrected chi connectivity index (χ2v) is 4.21. The summed E-state index contributed by atoms with van der Waals surface area (Å²) in [6, 6.07) is 0. The lowest BCUT2D eigenvalue weighted by Gasteiger charge is -2.30. The SMILES string of the molecule is C=C1C(=O)OCCN1C(=O)OC(C)(C)C. The first-order valence-corrected chi connectivity index (χ1v) is 4.68. The Balaban J connectivity index is 2.67. The van der Waals surface area contributed by atoms with Gasteiger partial charge in [0.25, 0.3) is 0 Å². The Morgan fingerprint density at radius 2 is 2.13 bits per heavy atom. The molecule has 0 unspecified atom stereocenters. The van der Waals surface area contributed by atoms with E-state index >= 15 is 0 Å². The molecule has 1 amide bonds. The molecule has 0 saturated carbocycles. The molecule has 5 heteroatoms. The molecule has 1 heterocycles. The van der Waals surface area contributed by atoms with Gasteiger partial charge in [-0.3, -0.25) is 4.90 Å². The third kappa shape index (κ3) is 2.97. The zero-order valence-electron chi connectivity index (χ0n) is 9.20. The average molecular weight is 213 g/mol. The first kappa shape index (κ1) is 11.6. The molecule has 0 radical (unpaired) electrons. The van der Waals surface area contributed by atoms with Crippen molar-refractivity contribution >= 4 is 12.1 Å². The highest BCUT2D eigenvalue weighted by Gasteiger charge is 2.30. The molecule has 0 atom stereocenters. The number of ether oxygens (including phenoxy) is 2. The van der Waals surface area contributed by atoms with Crippen molar-refractivity contribution in [3.05, 3.63) is 12.3 Å². The second kappa shape index (κ2) is 3.92. The summed E-state index contributed by atoms with van der Waals surface area (Å²) >= 11 is 0. The highest BCUT2D eigenvalue weighted by atomic mass is 16.6. The molecule has 1 aliphatic rings. The van der Waals surface area contributed by atoms with E-state index in [-0.39, 0.29) is 12.3 Å². The number of amides is 1. The molecule has 84 valence electrons. The van der Waals surface area contributed by atoms with Crippen molar-refractivity contribution in [1.29, 1.82) is 0 Å².